The van der Waals surface area contributed by atoms with E-state index < -0.39 is 0 Å². The summed E-state index contributed by atoms with van der Waals surface area (Å²) in [6.45, 7) is 8.12. The van der Waals surface area contributed by atoms with Crippen molar-refractivity contribution in [2.24, 2.45) is 5.41 Å². The second-order valence-corrected chi connectivity index (χ2v) is 5.52. The van der Waals surface area contributed by atoms with Gasteiger partial charge < -0.3 is 10.0 Å². The zero-order chi connectivity index (χ0) is 12.6. The Bertz CT molecular complexity index is 167. The molecule has 0 saturated carbocycles. The largest absolute Gasteiger partial charge is 0.392 e. The Hall–Kier alpha value is 0.270. The average molecular weight is 247 g/mol. The summed E-state index contributed by atoms with van der Waals surface area (Å²) in [7, 11) is 2.09. The van der Waals surface area contributed by atoms with Gasteiger partial charge in [-0.1, -0.05) is 26.7 Å². The maximum Gasteiger partial charge on any atom is 0.0638 e. The van der Waals surface area contributed by atoms with Gasteiger partial charge in [-0.05, 0) is 38.0 Å². The smallest absolute Gasteiger partial charge is 0.0638 e. The Morgan fingerprint density at radius 1 is 1.25 bits per heavy atom. The van der Waals surface area contributed by atoms with Crippen LogP contribution in [0.3, 0.4) is 0 Å². The summed E-state index contributed by atoms with van der Waals surface area (Å²) in [6.07, 6.45) is 4.64. The molecule has 0 heterocycles. The highest BCUT2D eigenvalue weighted by Crippen LogP contribution is 2.32. The number of aliphatic hydroxyl groups excluding tert-OH is 1. The van der Waals surface area contributed by atoms with Gasteiger partial charge >= 0.3 is 0 Å². The van der Waals surface area contributed by atoms with Crippen molar-refractivity contribution in [3.8, 4) is 0 Å². The van der Waals surface area contributed by atoms with Gasteiger partial charge in [-0.25, -0.2) is 0 Å². The Kier molecular flexibility index (Phi) is 8.52. The van der Waals surface area contributed by atoms with Crippen LogP contribution >= 0.6 is 12.6 Å². The van der Waals surface area contributed by atoms with Crippen molar-refractivity contribution in [2.75, 3.05) is 25.9 Å². The lowest BCUT2D eigenvalue weighted by Gasteiger charge is -2.36. The molecule has 0 aliphatic carbocycles. The SMILES string of the molecule is CCCC(CS)(CCC)CN(C)CC(C)O. The molecular formula is C13H29NOS. The highest BCUT2D eigenvalue weighted by Gasteiger charge is 2.28. The third kappa shape index (κ3) is 6.12. The topological polar surface area (TPSA) is 23.5 Å². The molecule has 16 heavy (non-hydrogen) atoms. The third-order valence-electron chi connectivity index (χ3n) is 3.08. The van der Waals surface area contributed by atoms with Gasteiger partial charge in [0.1, 0.15) is 0 Å². The van der Waals surface area contributed by atoms with E-state index in [0.717, 1.165) is 18.8 Å². The highest BCUT2D eigenvalue weighted by molar-refractivity contribution is 7.80. The van der Waals surface area contributed by atoms with Crippen molar-refractivity contribution >= 4 is 12.6 Å². The van der Waals surface area contributed by atoms with Gasteiger partial charge in [0.25, 0.3) is 0 Å². The van der Waals surface area contributed by atoms with Crippen LogP contribution < -0.4 is 0 Å². The lowest BCUT2D eigenvalue weighted by atomic mass is 9.80. The van der Waals surface area contributed by atoms with E-state index in [-0.39, 0.29) is 6.10 Å². The molecule has 0 aromatic rings. The Morgan fingerprint density at radius 3 is 2.06 bits per heavy atom. The molecule has 0 spiro atoms. The third-order valence-corrected chi connectivity index (χ3v) is 3.75. The minimum Gasteiger partial charge on any atom is -0.392 e. The summed E-state index contributed by atoms with van der Waals surface area (Å²) >= 11 is 4.55. The van der Waals surface area contributed by atoms with E-state index in [2.05, 4.69) is 38.4 Å². The number of rotatable bonds is 9. The normalized spacial score (nSPS) is 14.4. The molecule has 1 N–H and O–H groups in total. The molecule has 0 rings (SSSR count). The van der Waals surface area contributed by atoms with Gasteiger partial charge in [0.15, 0.2) is 0 Å². The van der Waals surface area contributed by atoms with E-state index in [1.807, 2.05) is 6.92 Å². The van der Waals surface area contributed by atoms with E-state index in [0.29, 0.717) is 5.41 Å². The molecule has 1 unspecified atom stereocenters. The van der Waals surface area contributed by atoms with E-state index in [4.69, 9.17) is 0 Å². The van der Waals surface area contributed by atoms with E-state index in [9.17, 15) is 5.11 Å². The second kappa shape index (κ2) is 8.37. The van der Waals surface area contributed by atoms with E-state index >= 15 is 0 Å². The quantitative estimate of drug-likeness (QED) is 0.612. The molecule has 0 fully saturated rings. The van der Waals surface area contributed by atoms with Gasteiger partial charge in [0, 0.05) is 13.1 Å². The summed E-state index contributed by atoms with van der Waals surface area (Å²) in [6, 6.07) is 0. The van der Waals surface area contributed by atoms with Crippen molar-refractivity contribution in [1.29, 1.82) is 0 Å². The van der Waals surface area contributed by atoms with Crippen LogP contribution in [0.25, 0.3) is 0 Å². The molecule has 0 aliphatic rings. The first-order valence-electron chi connectivity index (χ1n) is 6.47. The van der Waals surface area contributed by atoms with Gasteiger partial charge in [-0.2, -0.15) is 12.6 Å². The lowest BCUT2D eigenvalue weighted by Crippen LogP contribution is -2.40. The molecule has 3 heteroatoms. The van der Waals surface area contributed by atoms with Crippen LogP contribution in [0.15, 0.2) is 0 Å². The van der Waals surface area contributed by atoms with Crippen molar-refractivity contribution in [3.05, 3.63) is 0 Å². The molecule has 0 aliphatic heterocycles. The summed E-state index contributed by atoms with van der Waals surface area (Å²) in [5.41, 5.74) is 0.330. The van der Waals surface area contributed by atoms with Crippen LogP contribution in [0.2, 0.25) is 0 Å². The van der Waals surface area contributed by atoms with Crippen LogP contribution in [0.4, 0.5) is 0 Å². The van der Waals surface area contributed by atoms with Crippen molar-refractivity contribution in [3.63, 3.8) is 0 Å². The summed E-state index contributed by atoms with van der Waals surface area (Å²) in [5, 5.41) is 9.39. The molecule has 0 radical (unpaired) electrons. The van der Waals surface area contributed by atoms with Crippen LogP contribution in [0.1, 0.15) is 46.5 Å². The van der Waals surface area contributed by atoms with E-state index in [1.54, 1.807) is 0 Å². The molecule has 98 valence electrons. The van der Waals surface area contributed by atoms with Crippen molar-refractivity contribution in [2.45, 2.75) is 52.6 Å². The zero-order valence-corrected chi connectivity index (χ0v) is 12.3. The average Bonchev–Trinajstić information content (AvgIpc) is 2.16. The second-order valence-electron chi connectivity index (χ2n) is 5.20. The van der Waals surface area contributed by atoms with Gasteiger partial charge in [0.05, 0.1) is 6.10 Å². The maximum absolute atomic E-state index is 9.39. The minimum absolute atomic E-state index is 0.245. The number of aliphatic hydroxyl groups is 1. The number of hydrogen-bond acceptors (Lipinski definition) is 3. The standard InChI is InChI=1S/C13H29NOS/c1-5-7-13(11-16,8-6-2)10-14(4)9-12(3)15/h12,15-16H,5-11H2,1-4H3. The fourth-order valence-electron chi connectivity index (χ4n) is 2.64. The fourth-order valence-corrected chi connectivity index (χ4v) is 3.06. The molecule has 0 bridgehead atoms. The first kappa shape index (κ1) is 16.3. The fraction of sp³-hybridized carbons (Fsp3) is 1.00. The number of hydrogen-bond donors (Lipinski definition) is 2. The maximum atomic E-state index is 9.39. The Morgan fingerprint density at radius 2 is 1.75 bits per heavy atom. The number of nitrogens with zero attached hydrogens (tertiary/aromatic N) is 1. The first-order chi connectivity index (χ1) is 7.49. The predicted octanol–water partition coefficient (Wildman–Crippen LogP) is 2.82. The lowest BCUT2D eigenvalue weighted by molar-refractivity contribution is 0.104. The zero-order valence-electron chi connectivity index (χ0n) is 11.4. The van der Waals surface area contributed by atoms with Crippen LogP contribution in [0.5, 0.6) is 0 Å². The summed E-state index contributed by atoms with van der Waals surface area (Å²) in [5.74, 6) is 0.943. The minimum atomic E-state index is -0.245. The molecule has 1 atom stereocenters. The Labute approximate surface area is 107 Å². The van der Waals surface area contributed by atoms with Gasteiger partial charge in [0.2, 0.25) is 0 Å². The first-order valence-corrected chi connectivity index (χ1v) is 7.10. The molecule has 0 aromatic carbocycles. The predicted molar refractivity (Wildman–Crippen MR) is 75.3 cm³/mol. The molecular weight excluding hydrogens is 218 g/mol. The molecule has 0 saturated heterocycles. The molecule has 0 amide bonds. The highest BCUT2D eigenvalue weighted by atomic mass is 32.1. The van der Waals surface area contributed by atoms with Gasteiger partial charge in [-0.3, -0.25) is 0 Å². The van der Waals surface area contributed by atoms with E-state index in [1.165, 1.54) is 25.7 Å². The van der Waals surface area contributed by atoms with Crippen LogP contribution in [0, 0.1) is 5.41 Å². The van der Waals surface area contributed by atoms with Crippen LogP contribution in [-0.4, -0.2) is 42.0 Å². The van der Waals surface area contributed by atoms with Crippen molar-refractivity contribution < 1.29 is 5.11 Å². The van der Waals surface area contributed by atoms with Crippen LogP contribution in [-0.2, 0) is 0 Å². The molecule has 2 nitrogen and oxygen atoms in total. The van der Waals surface area contributed by atoms with Gasteiger partial charge in [-0.15, -0.1) is 0 Å². The summed E-state index contributed by atoms with van der Waals surface area (Å²) < 4.78 is 0. The number of likely N-dealkylation sites (N-methyl/N-ethyl adjacent to an activating group) is 1. The summed E-state index contributed by atoms with van der Waals surface area (Å²) in [4.78, 5) is 2.24. The van der Waals surface area contributed by atoms with Crippen molar-refractivity contribution in [1.82, 2.24) is 4.90 Å². The molecule has 0 aromatic heterocycles. The Balaban J connectivity index is 4.37. The monoisotopic (exact) mass is 247 g/mol. The number of thiol groups is 1.